The Morgan fingerprint density at radius 3 is 2.25 bits per heavy atom. The number of aromatic nitrogens is 1. The van der Waals surface area contributed by atoms with Crippen molar-refractivity contribution in [2.45, 2.75) is 71.6 Å². The first-order valence-corrected chi connectivity index (χ1v) is 18.4. The highest BCUT2D eigenvalue weighted by Crippen LogP contribution is 2.27. The van der Waals surface area contributed by atoms with Crippen LogP contribution in [0.15, 0.2) is 48.5 Å². The summed E-state index contributed by atoms with van der Waals surface area (Å²) in [6, 6.07) is 14.1. The smallest absolute Gasteiger partial charge is 0.310 e. The molecular formula is C39H57N5O7. The van der Waals surface area contributed by atoms with Crippen molar-refractivity contribution in [1.82, 2.24) is 25.0 Å². The highest BCUT2D eigenvalue weighted by atomic mass is 16.5. The minimum absolute atomic E-state index is 0.0995. The molecular weight excluding hydrogens is 650 g/mol. The van der Waals surface area contributed by atoms with Crippen molar-refractivity contribution < 1.29 is 33.7 Å². The van der Waals surface area contributed by atoms with Gasteiger partial charge in [-0.15, -0.1) is 0 Å². The number of ether oxygens (including phenoxy) is 3. The monoisotopic (exact) mass is 707 g/mol. The standard InChI is InChI=1S/C39H57N5O7/c1-5-17-44(18-6-2)39(48)35(41-38(47)30-11-8-7-9-12-30)15-16-36(45)50-25-10-19-42-20-22-43(23-21-42)24-26-51-37(46)28-32-29(3)40-34-14-13-31(49-4)27-33(32)34/h7-9,11-14,27,35,39-40,48H,5-6,10,15-26,28H2,1-4H3,(H,41,47). The van der Waals surface area contributed by atoms with E-state index in [9.17, 15) is 19.5 Å². The molecule has 0 spiro atoms. The summed E-state index contributed by atoms with van der Waals surface area (Å²) in [7, 11) is 1.63. The van der Waals surface area contributed by atoms with Gasteiger partial charge < -0.3 is 34.5 Å². The number of carbonyl (C=O) groups excluding carboxylic acids is 3. The highest BCUT2D eigenvalue weighted by Gasteiger charge is 2.28. The topological polar surface area (TPSA) is 137 Å². The Kier molecular flexibility index (Phi) is 16.2. The molecule has 3 aromatic rings. The van der Waals surface area contributed by atoms with Crippen LogP contribution >= 0.6 is 0 Å². The molecule has 0 saturated carbocycles. The van der Waals surface area contributed by atoms with Crippen LogP contribution in [-0.4, -0.2) is 128 Å². The second-order valence-corrected chi connectivity index (χ2v) is 13.2. The first kappa shape index (κ1) is 39.8. The van der Waals surface area contributed by atoms with Crippen LogP contribution in [-0.2, 0) is 25.5 Å². The molecule has 1 fully saturated rings. The van der Waals surface area contributed by atoms with E-state index in [0.29, 0.717) is 38.4 Å². The zero-order chi connectivity index (χ0) is 36.6. The van der Waals surface area contributed by atoms with Crippen molar-refractivity contribution >= 4 is 28.7 Å². The molecule has 280 valence electrons. The fraction of sp³-hybridized carbons (Fsp3) is 0.564. The maximum absolute atomic E-state index is 12.9. The number of methoxy groups -OCH3 is 1. The molecule has 0 aliphatic carbocycles. The number of nitrogens with zero attached hydrogens (tertiary/aromatic N) is 3. The number of benzene rings is 2. The molecule has 0 bridgehead atoms. The minimum Gasteiger partial charge on any atom is -0.497 e. The van der Waals surface area contributed by atoms with Gasteiger partial charge >= 0.3 is 11.9 Å². The summed E-state index contributed by atoms with van der Waals surface area (Å²) in [6.45, 7) is 13.2. The fourth-order valence-electron chi connectivity index (χ4n) is 6.60. The summed E-state index contributed by atoms with van der Waals surface area (Å²) >= 11 is 0. The Balaban J connectivity index is 1.12. The number of hydrogen-bond acceptors (Lipinski definition) is 10. The van der Waals surface area contributed by atoms with Gasteiger partial charge in [-0.3, -0.25) is 24.2 Å². The van der Waals surface area contributed by atoms with Gasteiger partial charge in [0.1, 0.15) is 18.6 Å². The van der Waals surface area contributed by atoms with Crippen molar-refractivity contribution in [3.05, 3.63) is 65.4 Å². The molecule has 1 aromatic heterocycles. The number of esters is 2. The molecule has 1 amide bonds. The molecule has 2 heterocycles. The Hall–Kier alpha value is -3.97. The Bertz CT molecular complexity index is 1520. The maximum atomic E-state index is 12.9. The van der Waals surface area contributed by atoms with Crippen molar-refractivity contribution in [1.29, 1.82) is 0 Å². The lowest BCUT2D eigenvalue weighted by Crippen LogP contribution is -2.52. The normalized spacial score (nSPS) is 15.1. The molecule has 2 atom stereocenters. The van der Waals surface area contributed by atoms with Crippen LogP contribution in [0.1, 0.15) is 67.6 Å². The summed E-state index contributed by atoms with van der Waals surface area (Å²) in [4.78, 5) is 48.2. The Morgan fingerprint density at radius 1 is 0.922 bits per heavy atom. The number of hydrogen-bond donors (Lipinski definition) is 3. The summed E-state index contributed by atoms with van der Waals surface area (Å²) in [5.74, 6) is -0.104. The summed E-state index contributed by atoms with van der Waals surface area (Å²) in [5.41, 5.74) is 3.37. The van der Waals surface area contributed by atoms with Crippen LogP contribution in [0, 0.1) is 6.92 Å². The highest BCUT2D eigenvalue weighted by molar-refractivity contribution is 5.94. The van der Waals surface area contributed by atoms with Gasteiger partial charge in [0.15, 0.2) is 0 Å². The number of rotatable bonds is 21. The second kappa shape index (κ2) is 20.8. The van der Waals surface area contributed by atoms with Crippen molar-refractivity contribution in [2.75, 3.05) is 72.7 Å². The van der Waals surface area contributed by atoms with Gasteiger partial charge in [0.05, 0.1) is 26.2 Å². The molecule has 12 nitrogen and oxygen atoms in total. The third kappa shape index (κ3) is 12.3. The molecule has 1 saturated heterocycles. The minimum atomic E-state index is -0.907. The van der Waals surface area contributed by atoms with Gasteiger partial charge in [-0.2, -0.15) is 0 Å². The second-order valence-electron chi connectivity index (χ2n) is 13.2. The van der Waals surface area contributed by atoms with Crippen molar-refractivity contribution in [3.63, 3.8) is 0 Å². The van der Waals surface area contributed by atoms with E-state index in [-0.39, 0.29) is 37.1 Å². The quantitative estimate of drug-likeness (QED) is 0.0842. The van der Waals surface area contributed by atoms with E-state index in [0.717, 1.165) is 79.9 Å². The molecule has 0 radical (unpaired) electrons. The lowest BCUT2D eigenvalue weighted by Gasteiger charge is -2.34. The van der Waals surface area contributed by atoms with Crippen LogP contribution in [0.25, 0.3) is 10.9 Å². The van der Waals surface area contributed by atoms with E-state index in [1.165, 1.54) is 0 Å². The lowest BCUT2D eigenvalue weighted by molar-refractivity contribution is -0.144. The van der Waals surface area contributed by atoms with Gasteiger partial charge in [0, 0.05) is 80.9 Å². The largest absolute Gasteiger partial charge is 0.497 e. The zero-order valence-electron chi connectivity index (χ0n) is 30.8. The third-order valence-electron chi connectivity index (χ3n) is 9.43. The Labute approximate surface area is 302 Å². The molecule has 12 heteroatoms. The summed E-state index contributed by atoms with van der Waals surface area (Å²) in [5, 5.41) is 15.2. The third-order valence-corrected chi connectivity index (χ3v) is 9.43. The number of carbonyl (C=O) groups is 3. The number of fused-ring (bicyclic) bond motifs is 1. The van der Waals surface area contributed by atoms with E-state index >= 15 is 0 Å². The number of aliphatic hydroxyl groups excluding tert-OH is 1. The number of nitrogens with one attached hydrogen (secondary N) is 2. The van der Waals surface area contributed by atoms with E-state index in [4.69, 9.17) is 14.2 Å². The number of amides is 1. The van der Waals surface area contributed by atoms with Gasteiger partial charge in [-0.25, -0.2) is 0 Å². The van der Waals surface area contributed by atoms with Crippen molar-refractivity contribution in [2.24, 2.45) is 0 Å². The average molecular weight is 708 g/mol. The van der Waals surface area contributed by atoms with E-state index in [1.54, 1.807) is 31.4 Å². The van der Waals surface area contributed by atoms with Crippen LogP contribution in [0.5, 0.6) is 5.75 Å². The van der Waals surface area contributed by atoms with E-state index in [2.05, 4.69) is 33.9 Å². The fourth-order valence-corrected chi connectivity index (χ4v) is 6.60. The average Bonchev–Trinajstić information content (AvgIpc) is 3.45. The van der Waals surface area contributed by atoms with Crippen LogP contribution in [0.2, 0.25) is 0 Å². The summed E-state index contributed by atoms with van der Waals surface area (Å²) in [6.07, 6.45) is 2.14. The van der Waals surface area contributed by atoms with Crippen molar-refractivity contribution in [3.8, 4) is 5.75 Å². The molecule has 3 N–H and O–H groups in total. The van der Waals surface area contributed by atoms with Crippen LogP contribution in [0.4, 0.5) is 0 Å². The van der Waals surface area contributed by atoms with Crippen LogP contribution in [0.3, 0.4) is 0 Å². The van der Waals surface area contributed by atoms with E-state index in [1.807, 2.05) is 36.1 Å². The number of piperazine rings is 1. The predicted molar refractivity (Wildman–Crippen MR) is 198 cm³/mol. The SMILES string of the molecule is CCCN(CCC)C(O)C(CCC(=O)OCCCN1CCN(CCOC(=O)Cc2c(C)[nH]c3ccc(OC)cc23)CC1)NC(=O)c1ccccc1. The van der Waals surface area contributed by atoms with Gasteiger partial charge in [0.2, 0.25) is 0 Å². The van der Waals surface area contributed by atoms with Gasteiger partial charge in [-0.05, 0) is 68.5 Å². The number of aliphatic hydroxyl groups is 1. The van der Waals surface area contributed by atoms with E-state index < -0.39 is 12.3 Å². The number of H-pyrrole nitrogens is 1. The lowest BCUT2D eigenvalue weighted by atomic mass is 10.1. The first-order chi connectivity index (χ1) is 24.7. The first-order valence-electron chi connectivity index (χ1n) is 18.4. The maximum Gasteiger partial charge on any atom is 0.310 e. The molecule has 51 heavy (non-hydrogen) atoms. The molecule has 2 aromatic carbocycles. The Morgan fingerprint density at radius 2 is 1.59 bits per heavy atom. The zero-order valence-corrected chi connectivity index (χ0v) is 30.8. The molecule has 1 aliphatic heterocycles. The van der Waals surface area contributed by atoms with Crippen LogP contribution < -0.4 is 10.1 Å². The molecule has 1 aliphatic rings. The number of aromatic amines is 1. The molecule has 4 rings (SSSR count). The van der Waals surface area contributed by atoms with Gasteiger partial charge in [-0.1, -0.05) is 32.0 Å². The summed E-state index contributed by atoms with van der Waals surface area (Å²) < 4.78 is 16.5. The number of aryl methyl sites for hydroxylation is 1. The predicted octanol–water partition coefficient (Wildman–Crippen LogP) is 4.14. The molecule has 2 unspecified atom stereocenters. The van der Waals surface area contributed by atoms with Gasteiger partial charge in [0.25, 0.3) is 5.91 Å².